The molecule has 5 nitrogen and oxygen atoms in total. The van der Waals surface area contributed by atoms with E-state index in [1.54, 1.807) is 23.1 Å². The highest BCUT2D eigenvalue weighted by atomic mass is 32.2. The Morgan fingerprint density at radius 1 is 1.07 bits per heavy atom. The van der Waals surface area contributed by atoms with Crippen molar-refractivity contribution in [2.24, 2.45) is 0 Å². The number of para-hydroxylation sites is 1. The highest BCUT2D eigenvalue weighted by molar-refractivity contribution is 7.99. The number of anilines is 1. The van der Waals surface area contributed by atoms with Gasteiger partial charge in [-0.25, -0.2) is 12.7 Å². The fourth-order valence-corrected chi connectivity index (χ4v) is 4.46. The summed E-state index contributed by atoms with van der Waals surface area (Å²) >= 11 is 1.50. The molecule has 1 unspecified atom stereocenters. The van der Waals surface area contributed by atoms with Gasteiger partial charge in [0.1, 0.15) is 0 Å². The zero-order valence-electron chi connectivity index (χ0n) is 16.1. The molecule has 2 aromatic carbocycles. The fraction of sp³-hybridized carbons (Fsp3) is 0.350. The summed E-state index contributed by atoms with van der Waals surface area (Å²) in [5.74, 6) is 0.613. The second kappa shape index (κ2) is 9.39. The summed E-state index contributed by atoms with van der Waals surface area (Å²) in [5.41, 5.74) is 1.77. The molecule has 7 heteroatoms. The lowest BCUT2D eigenvalue weighted by Crippen LogP contribution is -2.36. The van der Waals surface area contributed by atoms with E-state index in [1.165, 1.54) is 30.2 Å². The number of rotatable bonds is 8. The molecule has 0 radical (unpaired) electrons. The average Bonchev–Trinajstić information content (AvgIpc) is 2.67. The highest BCUT2D eigenvalue weighted by Gasteiger charge is 2.22. The SMILES string of the molecule is CCN(C(=O)C(C)SCc1cccc(S(=O)(=O)N(C)C)c1)c1ccccc1. The molecular weight excluding hydrogens is 380 g/mol. The lowest BCUT2D eigenvalue weighted by atomic mass is 10.2. The monoisotopic (exact) mass is 406 g/mol. The van der Waals surface area contributed by atoms with E-state index in [4.69, 9.17) is 0 Å². The number of thioether (sulfide) groups is 1. The molecule has 0 aliphatic heterocycles. The van der Waals surface area contributed by atoms with Gasteiger partial charge >= 0.3 is 0 Å². The van der Waals surface area contributed by atoms with Gasteiger partial charge in [0.25, 0.3) is 0 Å². The Labute approximate surface area is 166 Å². The molecule has 0 bridgehead atoms. The lowest BCUT2D eigenvalue weighted by Gasteiger charge is -2.24. The number of carbonyl (C=O) groups excluding carboxylic acids is 1. The van der Waals surface area contributed by atoms with Gasteiger partial charge < -0.3 is 4.90 Å². The summed E-state index contributed by atoms with van der Waals surface area (Å²) in [6, 6.07) is 16.5. The Morgan fingerprint density at radius 2 is 1.74 bits per heavy atom. The van der Waals surface area contributed by atoms with Crippen LogP contribution in [0.25, 0.3) is 0 Å². The first-order chi connectivity index (χ1) is 12.8. The van der Waals surface area contributed by atoms with Crippen molar-refractivity contribution in [2.45, 2.75) is 29.7 Å². The van der Waals surface area contributed by atoms with E-state index >= 15 is 0 Å². The van der Waals surface area contributed by atoms with E-state index in [9.17, 15) is 13.2 Å². The van der Waals surface area contributed by atoms with Gasteiger partial charge in [0.15, 0.2) is 0 Å². The van der Waals surface area contributed by atoms with Crippen molar-refractivity contribution in [1.82, 2.24) is 4.31 Å². The summed E-state index contributed by atoms with van der Waals surface area (Å²) in [7, 11) is -0.430. The maximum Gasteiger partial charge on any atom is 0.242 e. The zero-order chi connectivity index (χ0) is 20.0. The first-order valence-electron chi connectivity index (χ1n) is 8.77. The van der Waals surface area contributed by atoms with Crippen LogP contribution in [0.2, 0.25) is 0 Å². The number of sulfonamides is 1. The summed E-state index contributed by atoms with van der Waals surface area (Å²) in [4.78, 5) is 14.9. The van der Waals surface area contributed by atoms with Crippen molar-refractivity contribution in [1.29, 1.82) is 0 Å². The molecule has 0 spiro atoms. The van der Waals surface area contributed by atoms with Gasteiger partial charge in [0, 0.05) is 32.1 Å². The van der Waals surface area contributed by atoms with Gasteiger partial charge in [-0.05, 0) is 43.7 Å². The second-order valence-corrected chi connectivity index (χ2v) is 9.79. The van der Waals surface area contributed by atoms with Crippen molar-refractivity contribution in [3.63, 3.8) is 0 Å². The molecular formula is C20H26N2O3S2. The van der Waals surface area contributed by atoms with E-state index < -0.39 is 10.0 Å². The Bertz CT molecular complexity index is 868. The Morgan fingerprint density at radius 3 is 2.33 bits per heavy atom. The minimum absolute atomic E-state index is 0.0470. The summed E-state index contributed by atoms with van der Waals surface area (Å²) in [6.07, 6.45) is 0. The van der Waals surface area contributed by atoms with Crippen LogP contribution in [-0.2, 0) is 20.6 Å². The topological polar surface area (TPSA) is 57.7 Å². The average molecular weight is 407 g/mol. The predicted octanol–water partition coefficient (Wildman–Crippen LogP) is 3.61. The second-order valence-electron chi connectivity index (χ2n) is 6.31. The van der Waals surface area contributed by atoms with Gasteiger partial charge in [0.2, 0.25) is 15.9 Å². The van der Waals surface area contributed by atoms with Gasteiger partial charge in [0.05, 0.1) is 10.1 Å². The molecule has 0 N–H and O–H groups in total. The molecule has 0 saturated heterocycles. The number of carbonyl (C=O) groups is 1. The van der Waals surface area contributed by atoms with Crippen LogP contribution in [0.1, 0.15) is 19.4 Å². The molecule has 0 heterocycles. The molecule has 0 aromatic heterocycles. The Kier molecular flexibility index (Phi) is 7.47. The zero-order valence-corrected chi connectivity index (χ0v) is 17.8. The smallest absolute Gasteiger partial charge is 0.242 e. The van der Waals surface area contributed by atoms with E-state index in [0.717, 1.165) is 11.3 Å². The number of benzene rings is 2. The molecule has 27 heavy (non-hydrogen) atoms. The molecule has 0 aliphatic carbocycles. The van der Waals surface area contributed by atoms with Crippen LogP contribution in [0, 0.1) is 0 Å². The minimum atomic E-state index is -3.46. The van der Waals surface area contributed by atoms with Gasteiger partial charge in [-0.3, -0.25) is 4.79 Å². The van der Waals surface area contributed by atoms with Crippen LogP contribution in [0.5, 0.6) is 0 Å². The number of amides is 1. The lowest BCUT2D eigenvalue weighted by molar-refractivity contribution is -0.117. The van der Waals surface area contributed by atoms with Crippen molar-refractivity contribution in [3.8, 4) is 0 Å². The standard InChI is InChI=1S/C20H26N2O3S2/c1-5-22(18-11-7-6-8-12-18)20(23)16(2)26-15-17-10-9-13-19(14-17)27(24,25)21(3)4/h6-14,16H,5,15H2,1-4H3. The van der Waals surface area contributed by atoms with E-state index in [2.05, 4.69) is 0 Å². The number of hydrogen-bond donors (Lipinski definition) is 0. The minimum Gasteiger partial charge on any atom is -0.312 e. The highest BCUT2D eigenvalue weighted by Crippen LogP contribution is 2.24. The summed E-state index contributed by atoms with van der Waals surface area (Å²) in [6.45, 7) is 4.45. The fourth-order valence-electron chi connectivity index (χ4n) is 2.59. The third-order valence-corrected chi connectivity index (χ3v) is 7.19. The molecule has 0 saturated carbocycles. The van der Waals surface area contributed by atoms with Crippen LogP contribution in [0.15, 0.2) is 59.5 Å². The van der Waals surface area contributed by atoms with Crippen molar-refractivity contribution < 1.29 is 13.2 Å². The molecule has 1 amide bonds. The summed E-state index contributed by atoms with van der Waals surface area (Å²) in [5, 5.41) is -0.237. The molecule has 146 valence electrons. The van der Waals surface area contributed by atoms with E-state index in [-0.39, 0.29) is 16.1 Å². The van der Waals surface area contributed by atoms with Crippen molar-refractivity contribution in [2.75, 3.05) is 25.5 Å². The van der Waals surface area contributed by atoms with Gasteiger partial charge in [-0.2, -0.15) is 0 Å². The Balaban J connectivity index is 2.07. The van der Waals surface area contributed by atoms with E-state index in [1.807, 2.05) is 50.2 Å². The Hall–Kier alpha value is -1.83. The maximum absolute atomic E-state index is 12.8. The molecule has 2 aromatic rings. The van der Waals surface area contributed by atoms with Crippen LogP contribution in [0.3, 0.4) is 0 Å². The molecule has 2 rings (SSSR count). The quantitative estimate of drug-likeness (QED) is 0.672. The largest absolute Gasteiger partial charge is 0.312 e. The third kappa shape index (κ3) is 5.34. The van der Waals surface area contributed by atoms with E-state index in [0.29, 0.717) is 12.3 Å². The van der Waals surface area contributed by atoms with Crippen molar-refractivity contribution >= 4 is 33.4 Å². The molecule has 1 atom stereocenters. The summed E-state index contributed by atoms with van der Waals surface area (Å²) < 4.78 is 25.7. The first-order valence-corrected chi connectivity index (χ1v) is 11.3. The molecule has 0 aliphatic rings. The molecule has 0 fully saturated rings. The number of hydrogen-bond acceptors (Lipinski definition) is 4. The predicted molar refractivity (Wildman–Crippen MR) is 113 cm³/mol. The third-order valence-electron chi connectivity index (χ3n) is 4.17. The number of nitrogens with zero attached hydrogens (tertiary/aromatic N) is 2. The van der Waals surface area contributed by atoms with Gasteiger partial charge in [-0.15, -0.1) is 11.8 Å². The maximum atomic E-state index is 12.8. The van der Waals surface area contributed by atoms with Gasteiger partial charge in [-0.1, -0.05) is 30.3 Å². The normalized spacial score (nSPS) is 12.8. The van der Waals surface area contributed by atoms with Crippen LogP contribution in [-0.4, -0.2) is 44.5 Å². The van der Waals surface area contributed by atoms with Crippen LogP contribution >= 0.6 is 11.8 Å². The van der Waals surface area contributed by atoms with Crippen molar-refractivity contribution in [3.05, 3.63) is 60.2 Å². The van der Waals surface area contributed by atoms with Crippen LogP contribution in [0.4, 0.5) is 5.69 Å². The first kappa shape index (κ1) is 21.5. The van der Waals surface area contributed by atoms with Crippen LogP contribution < -0.4 is 4.90 Å².